The van der Waals surface area contributed by atoms with Gasteiger partial charge in [0.05, 0.1) is 6.10 Å². The predicted molar refractivity (Wildman–Crippen MR) is 50.9 cm³/mol. The van der Waals surface area contributed by atoms with Gasteiger partial charge in [-0.3, -0.25) is 0 Å². The van der Waals surface area contributed by atoms with E-state index in [0.29, 0.717) is 0 Å². The summed E-state index contributed by atoms with van der Waals surface area (Å²) in [5.41, 5.74) is 1.22. The maximum Gasteiger partial charge on any atom is 0.181 e. The molecule has 1 atom stereocenters. The van der Waals surface area contributed by atoms with Crippen molar-refractivity contribution in [3.05, 3.63) is 35.9 Å². The van der Waals surface area contributed by atoms with E-state index >= 15 is 0 Å². The average molecular weight is 179 g/mol. The minimum absolute atomic E-state index is 0.0694. The topological polar surface area (TPSA) is 29.1 Å². The molecule has 0 saturated heterocycles. The number of benzene rings is 1. The van der Waals surface area contributed by atoms with Crippen LogP contribution in [0.1, 0.15) is 18.9 Å². The first kappa shape index (κ1) is 10.2. The summed E-state index contributed by atoms with van der Waals surface area (Å²) in [5, 5.41) is 10.3. The van der Waals surface area contributed by atoms with Crippen LogP contribution in [-0.4, -0.2) is 12.9 Å². The molecule has 1 aromatic carbocycles. The van der Waals surface area contributed by atoms with Crippen molar-refractivity contribution in [3.8, 4) is 0 Å². The van der Waals surface area contributed by atoms with E-state index in [1.807, 2.05) is 25.1 Å². The second-order valence-corrected chi connectivity index (χ2v) is 3.00. The van der Waals surface area contributed by atoms with Crippen molar-refractivity contribution in [3.63, 3.8) is 0 Å². The fraction of sp³-hybridized carbons (Fsp3) is 0.455. The first-order chi connectivity index (χ1) is 6.36. The second-order valence-electron chi connectivity index (χ2n) is 3.00. The van der Waals surface area contributed by atoms with Crippen LogP contribution in [0.5, 0.6) is 0 Å². The van der Waals surface area contributed by atoms with Gasteiger partial charge in [-0.05, 0) is 18.4 Å². The molecular formula is C11H15O2. The molecule has 2 nitrogen and oxygen atoms in total. The monoisotopic (exact) mass is 179 g/mol. The molecule has 71 valence electrons. The van der Waals surface area contributed by atoms with Crippen molar-refractivity contribution in [2.24, 2.45) is 0 Å². The zero-order valence-electron chi connectivity index (χ0n) is 7.90. The predicted octanol–water partition coefficient (Wildman–Crippen LogP) is 2.41. The molecule has 0 aliphatic rings. The lowest BCUT2D eigenvalue weighted by molar-refractivity contribution is -0.0839. The Hall–Kier alpha value is -0.860. The molecule has 1 rings (SSSR count). The van der Waals surface area contributed by atoms with Crippen molar-refractivity contribution in [2.45, 2.75) is 25.9 Å². The summed E-state index contributed by atoms with van der Waals surface area (Å²) < 4.78 is 5.04. The lowest BCUT2D eigenvalue weighted by Crippen LogP contribution is -2.15. The van der Waals surface area contributed by atoms with E-state index in [9.17, 15) is 5.11 Å². The van der Waals surface area contributed by atoms with Crippen LogP contribution in [0.3, 0.4) is 0 Å². The molecule has 13 heavy (non-hydrogen) atoms. The molecule has 0 aliphatic heterocycles. The van der Waals surface area contributed by atoms with E-state index in [1.165, 1.54) is 5.56 Å². The molecule has 0 saturated carbocycles. The Morgan fingerprint density at radius 2 is 2.00 bits per heavy atom. The third-order valence-corrected chi connectivity index (χ3v) is 2.07. The van der Waals surface area contributed by atoms with Gasteiger partial charge in [0, 0.05) is 0 Å². The standard InChI is InChI=1S/C11H15O2/c1-2-11(13-9-12)8-10-6-4-3-5-7-10/h3-7,11H,2,8-9H2,1H3. The minimum atomic E-state index is -0.439. The summed E-state index contributed by atoms with van der Waals surface area (Å²) in [6.07, 6.45) is 1.79. The van der Waals surface area contributed by atoms with E-state index in [-0.39, 0.29) is 6.10 Å². The third kappa shape index (κ3) is 3.57. The first-order valence-electron chi connectivity index (χ1n) is 4.60. The smallest absolute Gasteiger partial charge is 0.181 e. The van der Waals surface area contributed by atoms with Crippen LogP contribution in [0, 0.1) is 0 Å². The quantitative estimate of drug-likeness (QED) is 0.638. The molecule has 0 aliphatic carbocycles. The highest BCUT2D eigenvalue weighted by Crippen LogP contribution is 2.08. The van der Waals surface area contributed by atoms with Gasteiger partial charge in [-0.2, -0.15) is 0 Å². The summed E-state index contributed by atoms with van der Waals surface area (Å²) in [7, 11) is 0. The van der Waals surface area contributed by atoms with Crippen molar-refractivity contribution in [1.82, 2.24) is 0 Å². The van der Waals surface area contributed by atoms with Crippen molar-refractivity contribution in [2.75, 3.05) is 6.79 Å². The van der Waals surface area contributed by atoms with Crippen LogP contribution < -0.4 is 0 Å². The van der Waals surface area contributed by atoms with E-state index in [0.717, 1.165) is 12.8 Å². The molecule has 2 heteroatoms. The Morgan fingerprint density at radius 3 is 2.54 bits per heavy atom. The highest BCUT2D eigenvalue weighted by molar-refractivity contribution is 5.15. The molecule has 1 radical (unpaired) electrons. The van der Waals surface area contributed by atoms with Gasteiger partial charge in [-0.25, -0.2) is 5.11 Å². The highest BCUT2D eigenvalue weighted by Gasteiger charge is 2.06. The van der Waals surface area contributed by atoms with Gasteiger partial charge in [-0.15, -0.1) is 0 Å². The summed E-state index contributed by atoms with van der Waals surface area (Å²) >= 11 is 0. The lowest BCUT2D eigenvalue weighted by atomic mass is 10.1. The van der Waals surface area contributed by atoms with Gasteiger partial charge in [0.1, 0.15) is 0 Å². The van der Waals surface area contributed by atoms with Gasteiger partial charge in [-0.1, -0.05) is 37.3 Å². The van der Waals surface area contributed by atoms with E-state index in [2.05, 4.69) is 12.1 Å². The first-order valence-corrected chi connectivity index (χ1v) is 4.60. The fourth-order valence-corrected chi connectivity index (χ4v) is 1.29. The summed E-state index contributed by atoms with van der Waals surface area (Å²) in [6, 6.07) is 10.1. The normalized spacial score (nSPS) is 12.8. The molecule has 0 N–H and O–H groups in total. The van der Waals surface area contributed by atoms with Crippen molar-refractivity contribution in [1.29, 1.82) is 0 Å². The van der Waals surface area contributed by atoms with Gasteiger partial charge >= 0.3 is 0 Å². The largest absolute Gasteiger partial charge is 0.349 e. The Kier molecular flexibility index (Phi) is 4.50. The van der Waals surface area contributed by atoms with Gasteiger partial charge in [0.25, 0.3) is 0 Å². The molecule has 0 heterocycles. The Bertz CT molecular complexity index is 221. The van der Waals surface area contributed by atoms with Gasteiger partial charge in [0.2, 0.25) is 0 Å². The highest BCUT2D eigenvalue weighted by atomic mass is 16.6. The molecule has 0 bridgehead atoms. The number of hydrogen-bond donors (Lipinski definition) is 0. The maximum atomic E-state index is 10.3. The molecule has 1 unspecified atom stereocenters. The van der Waals surface area contributed by atoms with Crippen LogP contribution in [0.15, 0.2) is 30.3 Å². The van der Waals surface area contributed by atoms with Gasteiger partial charge < -0.3 is 4.74 Å². The molecule has 0 aromatic heterocycles. The van der Waals surface area contributed by atoms with E-state index in [1.54, 1.807) is 0 Å². The molecule has 0 spiro atoms. The lowest BCUT2D eigenvalue weighted by Gasteiger charge is -2.13. The second kappa shape index (κ2) is 5.73. The maximum absolute atomic E-state index is 10.3. The van der Waals surface area contributed by atoms with Crippen LogP contribution in [0.4, 0.5) is 0 Å². The van der Waals surface area contributed by atoms with Crippen LogP contribution in [0.2, 0.25) is 0 Å². The summed E-state index contributed by atoms with van der Waals surface area (Å²) in [4.78, 5) is 0. The van der Waals surface area contributed by atoms with Gasteiger partial charge in [0.15, 0.2) is 6.79 Å². The number of hydrogen-bond acceptors (Lipinski definition) is 1. The van der Waals surface area contributed by atoms with Crippen LogP contribution in [-0.2, 0) is 16.3 Å². The average Bonchev–Trinajstić information content (AvgIpc) is 2.19. The third-order valence-electron chi connectivity index (χ3n) is 2.07. The molecular weight excluding hydrogens is 164 g/mol. The Morgan fingerprint density at radius 1 is 1.31 bits per heavy atom. The minimum Gasteiger partial charge on any atom is -0.349 e. The summed E-state index contributed by atoms with van der Waals surface area (Å²) in [6.45, 7) is 1.59. The number of ether oxygens (including phenoxy) is 1. The zero-order chi connectivity index (χ0) is 9.52. The Labute approximate surface area is 79.2 Å². The van der Waals surface area contributed by atoms with Crippen molar-refractivity contribution < 1.29 is 9.84 Å². The van der Waals surface area contributed by atoms with Crippen LogP contribution in [0.25, 0.3) is 0 Å². The van der Waals surface area contributed by atoms with E-state index in [4.69, 9.17) is 4.74 Å². The SMILES string of the molecule is CCC(Cc1ccccc1)OC[O]. The van der Waals surface area contributed by atoms with Crippen molar-refractivity contribution >= 4 is 0 Å². The number of rotatable bonds is 5. The molecule has 0 fully saturated rings. The molecule has 1 aromatic rings. The van der Waals surface area contributed by atoms with E-state index < -0.39 is 6.79 Å². The summed E-state index contributed by atoms with van der Waals surface area (Å²) in [5.74, 6) is 0. The molecule has 0 amide bonds. The zero-order valence-corrected chi connectivity index (χ0v) is 7.90. The Balaban J connectivity index is 2.46. The van der Waals surface area contributed by atoms with Crippen LogP contribution >= 0.6 is 0 Å². The fourth-order valence-electron chi connectivity index (χ4n) is 1.29.